The Morgan fingerprint density at radius 1 is 1.55 bits per heavy atom. The Labute approximate surface area is 74.4 Å². The molecule has 0 bridgehead atoms. The Morgan fingerprint density at radius 2 is 2.09 bits per heavy atom. The quantitative estimate of drug-likeness (QED) is 0.519. The lowest BCUT2D eigenvalue weighted by atomic mass is 10.7. The molecule has 4 nitrogen and oxygen atoms in total. The molecule has 0 heterocycles. The van der Waals surface area contributed by atoms with E-state index in [0.717, 1.165) is 24.1 Å². The van der Waals surface area contributed by atoms with Crippen LogP contribution in [-0.2, 0) is 0 Å². The number of nitrogens with one attached hydrogen (secondary N) is 1. The highest BCUT2D eigenvalue weighted by atomic mass is 33.1. The highest BCUT2D eigenvalue weighted by Gasteiger charge is 2.01. The van der Waals surface area contributed by atoms with Crippen molar-refractivity contribution in [3.63, 3.8) is 0 Å². The molecular weight excluding hydrogens is 184 g/mol. The molecule has 0 aromatic rings. The molecule has 2 N–H and O–H groups in total. The van der Waals surface area contributed by atoms with Gasteiger partial charge in [0.25, 0.3) is 0 Å². The lowest BCUT2D eigenvalue weighted by Gasteiger charge is -2.14. The molecule has 0 aliphatic carbocycles. The smallest absolute Gasteiger partial charge is 0.415 e. The van der Waals surface area contributed by atoms with Gasteiger partial charge in [0.15, 0.2) is 0 Å². The van der Waals surface area contributed by atoms with Crippen LogP contribution in [0.4, 0.5) is 4.79 Å². The average molecular weight is 196 g/mol. The van der Waals surface area contributed by atoms with Gasteiger partial charge in [-0.25, -0.2) is 9.10 Å². The van der Waals surface area contributed by atoms with Crippen molar-refractivity contribution in [2.75, 3.05) is 13.1 Å². The fourth-order valence-electron chi connectivity index (χ4n) is 0.436. The number of carboxylic acid groups (broad SMARTS) is 1. The number of rotatable bonds is 5. The summed E-state index contributed by atoms with van der Waals surface area (Å²) in [6.07, 6.45) is -1.00. The standard InChI is InChI=1S/C5H12N2O2S2/c1-3-7(4-2)11-10-6-5(8)9/h6H,3-4H2,1-2H3,(H,8,9). The first-order valence-electron chi connectivity index (χ1n) is 3.28. The van der Waals surface area contributed by atoms with E-state index in [2.05, 4.69) is 4.72 Å². The van der Waals surface area contributed by atoms with E-state index < -0.39 is 6.09 Å². The highest BCUT2D eigenvalue weighted by Crippen LogP contribution is 2.21. The summed E-state index contributed by atoms with van der Waals surface area (Å²) in [5.74, 6) is 0. The number of carbonyl (C=O) groups is 1. The van der Waals surface area contributed by atoms with Crippen molar-refractivity contribution in [2.24, 2.45) is 0 Å². The van der Waals surface area contributed by atoms with Crippen molar-refractivity contribution in [2.45, 2.75) is 13.8 Å². The SMILES string of the molecule is CCN(CC)SSNC(=O)O. The Morgan fingerprint density at radius 3 is 2.45 bits per heavy atom. The number of amides is 1. The minimum Gasteiger partial charge on any atom is -0.464 e. The lowest BCUT2D eigenvalue weighted by molar-refractivity contribution is 0.202. The molecule has 0 radical (unpaired) electrons. The normalized spacial score (nSPS) is 10.1. The van der Waals surface area contributed by atoms with Crippen LogP contribution < -0.4 is 4.72 Å². The van der Waals surface area contributed by atoms with Crippen molar-refractivity contribution in [1.29, 1.82) is 0 Å². The average Bonchev–Trinajstić information content (AvgIpc) is 1.98. The van der Waals surface area contributed by atoms with Crippen molar-refractivity contribution in [3.8, 4) is 0 Å². The van der Waals surface area contributed by atoms with Crippen LogP contribution in [0, 0.1) is 0 Å². The summed E-state index contributed by atoms with van der Waals surface area (Å²) in [6.45, 7) is 5.88. The second-order valence-electron chi connectivity index (χ2n) is 1.68. The molecule has 0 aliphatic rings. The first kappa shape index (κ1) is 10.9. The number of hydrogen-bond donors (Lipinski definition) is 2. The van der Waals surface area contributed by atoms with E-state index in [-0.39, 0.29) is 0 Å². The van der Waals surface area contributed by atoms with Gasteiger partial charge in [0, 0.05) is 35.0 Å². The fraction of sp³-hybridized carbons (Fsp3) is 0.800. The van der Waals surface area contributed by atoms with E-state index in [4.69, 9.17) is 5.11 Å². The molecule has 0 aromatic carbocycles. The first-order valence-corrected chi connectivity index (χ1v) is 5.38. The molecule has 0 atom stereocenters. The van der Waals surface area contributed by atoms with Crippen LogP contribution in [0.25, 0.3) is 0 Å². The molecule has 6 heteroatoms. The Balaban J connectivity index is 3.28. The molecule has 0 aliphatic heterocycles. The largest absolute Gasteiger partial charge is 0.464 e. The maximum absolute atomic E-state index is 9.99. The Kier molecular flexibility index (Phi) is 6.59. The van der Waals surface area contributed by atoms with Crippen LogP contribution in [0.1, 0.15) is 13.8 Å². The minimum absolute atomic E-state index is 0.912. The summed E-state index contributed by atoms with van der Waals surface area (Å²) < 4.78 is 4.24. The van der Waals surface area contributed by atoms with E-state index in [9.17, 15) is 4.79 Å². The third-order valence-electron chi connectivity index (χ3n) is 0.977. The fourth-order valence-corrected chi connectivity index (χ4v) is 2.14. The minimum atomic E-state index is -1.00. The Hall–Kier alpha value is -0.0700. The van der Waals surface area contributed by atoms with Crippen LogP contribution in [-0.4, -0.2) is 28.6 Å². The molecule has 0 saturated heterocycles. The second-order valence-corrected chi connectivity index (χ2v) is 3.66. The molecule has 0 fully saturated rings. The van der Waals surface area contributed by atoms with Gasteiger partial charge < -0.3 is 5.11 Å². The third-order valence-corrected chi connectivity index (χ3v) is 3.14. The van der Waals surface area contributed by atoms with Gasteiger partial charge in [-0.1, -0.05) is 13.8 Å². The lowest BCUT2D eigenvalue weighted by Crippen LogP contribution is -2.16. The third kappa shape index (κ3) is 6.33. The van der Waals surface area contributed by atoms with Gasteiger partial charge in [-0.15, -0.1) is 0 Å². The van der Waals surface area contributed by atoms with Crippen LogP contribution in [0.5, 0.6) is 0 Å². The summed E-state index contributed by atoms with van der Waals surface area (Å²) in [7, 11) is 2.52. The summed E-state index contributed by atoms with van der Waals surface area (Å²) in [5, 5.41) is 8.21. The maximum atomic E-state index is 9.99. The molecular formula is C5H12N2O2S2. The predicted octanol–water partition coefficient (Wildman–Crippen LogP) is 1.81. The van der Waals surface area contributed by atoms with E-state index in [1.54, 1.807) is 0 Å². The Bertz CT molecular complexity index is 119. The van der Waals surface area contributed by atoms with Gasteiger partial charge in [0.1, 0.15) is 0 Å². The van der Waals surface area contributed by atoms with E-state index in [1.165, 1.54) is 11.0 Å². The molecule has 0 spiro atoms. The zero-order valence-electron chi connectivity index (χ0n) is 6.53. The van der Waals surface area contributed by atoms with Gasteiger partial charge in [-0.3, -0.25) is 4.72 Å². The van der Waals surface area contributed by atoms with Crippen molar-refractivity contribution in [1.82, 2.24) is 9.03 Å². The maximum Gasteiger partial charge on any atom is 0.415 e. The van der Waals surface area contributed by atoms with Crippen LogP contribution in [0.2, 0.25) is 0 Å². The second kappa shape index (κ2) is 6.63. The van der Waals surface area contributed by atoms with Gasteiger partial charge in [-0.2, -0.15) is 0 Å². The van der Waals surface area contributed by atoms with E-state index in [1.807, 2.05) is 18.2 Å². The summed E-state index contributed by atoms with van der Waals surface area (Å²) in [4.78, 5) is 9.99. The van der Waals surface area contributed by atoms with Crippen molar-refractivity contribution < 1.29 is 9.90 Å². The molecule has 0 rings (SSSR count). The summed E-state index contributed by atoms with van der Waals surface area (Å²) >= 11 is 0. The molecule has 0 aromatic heterocycles. The molecule has 66 valence electrons. The van der Waals surface area contributed by atoms with Crippen LogP contribution in [0.3, 0.4) is 0 Å². The summed E-state index contributed by atoms with van der Waals surface area (Å²) in [5.41, 5.74) is 0. The number of hydrogen-bond acceptors (Lipinski definition) is 4. The van der Waals surface area contributed by atoms with E-state index >= 15 is 0 Å². The van der Waals surface area contributed by atoms with E-state index in [0.29, 0.717) is 0 Å². The van der Waals surface area contributed by atoms with Crippen molar-refractivity contribution >= 4 is 28.1 Å². The monoisotopic (exact) mass is 196 g/mol. The van der Waals surface area contributed by atoms with Gasteiger partial charge >= 0.3 is 6.09 Å². The van der Waals surface area contributed by atoms with Crippen molar-refractivity contribution in [3.05, 3.63) is 0 Å². The van der Waals surface area contributed by atoms with Gasteiger partial charge in [-0.05, 0) is 0 Å². The summed E-state index contributed by atoms with van der Waals surface area (Å²) in [6, 6.07) is 0. The zero-order valence-corrected chi connectivity index (χ0v) is 8.17. The van der Waals surface area contributed by atoms with Gasteiger partial charge in [0.05, 0.1) is 0 Å². The predicted molar refractivity (Wildman–Crippen MR) is 49.3 cm³/mol. The first-order chi connectivity index (χ1) is 5.20. The molecule has 11 heavy (non-hydrogen) atoms. The zero-order chi connectivity index (χ0) is 8.69. The van der Waals surface area contributed by atoms with Crippen LogP contribution >= 0.6 is 22.0 Å². The number of nitrogens with zero attached hydrogens (tertiary/aromatic N) is 1. The van der Waals surface area contributed by atoms with Gasteiger partial charge in [0.2, 0.25) is 0 Å². The highest BCUT2D eigenvalue weighted by molar-refractivity contribution is 8.75. The molecule has 1 amide bonds. The van der Waals surface area contributed by atoms with Crippen LogP contribution in [0.15, 0.2) is 0 Å². The molecule has 0 unspecified atom stereocenters. The topological polar surface area (TPSA) is 52.6 Å². The molecule has 0 saturated carbocycles.